The van der Waals surface area contributed by atoms with Gasteiger partial charge in [-0.25, -0.2) is 9.59 Å². The zero-order valence-corrected chi connectivity index (χ0v) is 14.0. The Morgan fingerprint density at radius 3 is 1.91 bits per heavy atom. The number of nitrogens with zero attached hydrogens (tertiary/aromatic N) is 1. The summed E-state index contributed by atoms with van der Waals surface area (Å²) >= 11 is 0. The molecule has 23 heavy (non-hydrogen) atoms. The van der Waals surface area contributed by atoms with Crippen LogP contribution in [0.25, 0.3) is 5.70 Å². The molecule has 0 heterocycles. The zero-order chi connectivity index (χ0) is 17.2. The van der Waals surface area contributed by atoms with E-state index in [1.54, 1.807) is 19.9 Å². The van der Waals surface area contributed by atoms with Crippen molar-refractivity contribution in [2.75, 3.05) is 27.3 Å². The van der Waals surface area contributed by atoms with E-state index in [9.17, 15) is 9.59 Å². The molecule has 1 aromatic carbocycles. The quantitative estimate of drug-likeness (QED) is 0.254. The summed E-state index contributed by atoms with van der Waals surface area (Å²) in [6.07, 6.45) is 3.15. The molecular formula is C18H23NO4. The maximum absolute atomic E-state index is 11.9. The fraction of sp³-hybridized carbons (Fsp3) is 0.333. The van der Waals surface area contributed by atoms with Crippen LogP contribution in [0.4, 0.5) is 0 Å². The van der Waals surface area contributed by atoms with Gasteiger partial charge in [-0.3, -0.25) is 0 Å². The average Bonchev–Trinajstić information content (AvgIpc) is 2.52. The number of carbonyl (C=O) groups excluding carboxylic acids is 2. The summed E-state index contributed by atoms with van der Waals surface area (Å²) in [6, 6.07) is 9.68. The lowest BCUT2D eigenvalue weighted by molar-refractivity contribution is -0.146. The number of hydrogen-bond acceptors (Lipinski definition) is 5. The summed E-state index contributed by atoms with van der Waals surface area (Å²) in [6.45, 7) is 3.76. The predicted molar refractivity (Wildman–Crippen MR) is 89.5 cm³/mol. The van der Waals surface area contributed by atoms with E-state index < -0.39 is 11.9 Å². The molecule has 0 aliphatic carbocycles. The molecule has 0 bridgehead atoms. The van der Waals surface area contributed by atoms with Crippen LogP contribution in [-0.2, 0) is 19.1 Å². The molecule has 0 amide bonds. The molecular weight excluding hydrogens is 294 g/mol. The standard InChI is InChI=1S/C18H23NO4/c1-5-22-17(20)15(18(21)23-6-2)12-13-16(19(3)4)14-10-8-7-9-11-14/h7-13H,5-6H2,1-4H3/b16-13-. The molecule has 5 nitrogen and oxygen atoms in total. The number of benzene rings is 1. The monoisotopic (exact) mass is 317 g/mol. The van der Waals surface area contributed by atoms with E-state index in [0.717, 1.165) is 11.3 Å². The van der Waals surface area contributed by atoms with Crippen molar-refractivity contribution in [1.82, 2.24) is 4.90 Å². The largest absolute Gasteiger partial charge is 0.462 e. The Labute approximate surface area is 137 Å². The fourth-order valence-electron chi connectivity index (χ4n) is 1.91. The number of carbonyl (C=O) groups is 2. The molecule has 0 fully saturated rings. The van der Waals surface area contributed by atoms with Gasteiger partial charge >= 0.3 is 11.9 Å². The summed E-state index contributed by atoms with van der Waals surface area (Å²) in [5.74, 6) is -1.37. The first-order chi connectivity index (χ1) is 11.0. The normalized spacial score (nSPS) is 10.7. The van der Waals surface area contributed by atoms with Gasteiger partial charge in [0.15, 0.2) is 0 Å². The lowest BCUT2D eigenvalue weighted by Gasteiger charge is -2.17. The highest BCUT2D eigenvalue weighted by molar-refractivity contribution is 6.14. The Morgan fingerprint density at radius 1 is 0.957 bits per heavy atom. The third-order valence-electron chi connectivity index (χ3n) is 2.95. The van der Waals surface area contributed by atoms with Crippen LogP contribution >= 0.6 is 0 Å². The molecule has 0 spiro atoms. The Hall–Kier alpha value is -2.56. The maximum Gasteiger partial charge on any atom is 0.345 e. The topological polar surface area (TPSA) is 55.8 Å². The van der Waals surface area contributed by atoms with Crippen molar-refractivity contribution >= 4 is 17.6 Å². The first kappa shape index (κ1) is 18.5. The van der Waals surface area contributed by atoms with Crippen LogP contribution in [0, 0.1) is 0 Å². The average molecular weight is 317 g/mol. The lowest BCUT2D eigenvalue weighted by atomic mass is 10.1. The summed E-state index contributed by atoms with van der Waals surface area (Å²) in [7, 11) is 3.78. The van der Waals surface area contributed by atoms with Crippen molar-refractivity contribution in [3.63, 3.8) is 0 Å². The molecule has 124 valence electrons. The SMILES string of the molecule is CCOC(=O)C(=C/C=C(/c1ccccc1)N(C)C)C(=O)OCC. The maximum atomic E-state index is 11.9. The molecule has 1 aromatic rings. The first-order valence-electron chi connectivity index (χ1n) is 7.50. The van der Waals surface area contributed by atoms with E-state index in [4.69, 9.17) is 9.47 Å². The van der Waals surface area contributed by atoms with Crippen LogP contribution < -0.4 is 0 Å². The third kappa shape index (κ3) is 5.62. The Bertz CT molecular complexity index is 568. The van der Waals surface area contributed by atoms with Gasteiger partial charge in [-0.1, -0.05) is 30.3 Å². The van der Waals surface area contributed by atoms with Crippen molar-refractivity contribution in [1.29, 1.82) is 0 Å². The molecule has 0 N–H and O–H groups in total. The molecule has 0 saturated carbocycles. The van der Waals surface area contributed by atoms with E-state index in [1.807, 2.05) is 49.3 Å². The van der Waals surface area contributed by atoms with Crippen molar-refractivity contribution in [2.24, 2.45) is 0 Å². The molecule has 0 aromatic heterocycles. The van der Waals surface area contributed by atoms with Gasteiger partial charge in [0.2, 0.25) is 0 Å². The second-order valence-electron chi connectivity index (χ2n) is 4.83. The first-order valence-corrected chi connectivity index (χ1v) is 7.50. The van der Waals surface area contributed by atoms with Crippen molar-refractivity contribution in [2.45, 2.75) is 13.8 Å². The van der Waals surface area contributed by atoms with Gasteiger partial charge < -0.3 is 14.4 Å². The van der Waals surface area contributed by atoms with Crippen LogP contribution in [0.3, 0.4) is 0 Å². The van der Waals surface area contributed by atoms with Gasteiger partial charge in [0.05, 0.1) is 13.2 Å². The summed E-state index contributed by atoms with van der Waals surface area (Å²) in [4.78, 5) is 25.8. The highest BCUT2D eigenvalue weighted by atomic mass is 16.6. The van der Waals surface area contributed by atoms with Crippen LogP contribution in [0.5, 0.6) is 0 Å². The molecule has 1 rings (SSSR count). The lowest BCUT2D eigenvalue weighted by Crippen LogP contribution is -2.18. The predicted octanol–water partition coefficient (Wildman–Crippen LogP) is 2.64. The number of rotatable bonds is 7. The van der Waals surface area contributed by atoms with Crippen molar-refractivity contribution in [3.05, 3.63) is 53.6 Å². The van der Waals surface area contributed by atoms with E-state index in [2.05, 4.69) is 0 Å². The van der Waals surface area contributed by atoms with Gasteiger partial charge in [-0.05, 0) is 31.6 Å². The summed E-state index contributed by atoms with van der Waals surface area (Å²) in [5.41, 5.74) is 1.71. The fourth-order valence-corrected chi connectivity index (χ4v) is 1.91. The van der Waals surface area contributed by atoms with Crippen LogP contribution in [0.2, 0.25) is 0 Å². The molecule has 0 radical (unpaired) electrons. The van der Waals surface area contributed by atoms with Gasteiger partial charge in [-0.2, -0.15) is 0 Å². The second-order valence-corrected chi connectivity index (χ2v) is 4.83. The van der Waals surface area contributed by atoms with Crippen LogP contribution in [0.1, 0.15) is 19.4 Å². The van der Waals surface area contributed by atoms with E-state index in [1.165, 1.54) is 6.08 Å². The Balaban J connectivity index is 3.21. The van der Waals surface area contributed by atoms with Gasteiger partial charge in [0, 0.05) is 19.8 Å². The highest BCUT2D eigenvalue weighted by Crippen LogP contribution is 2.17. The molecule has 0 aliphatic heterocycles. The van der Waals surface area contributed by atoms with Crippen molar-refractivity contribution < 1.29 is 19.1 Å². The minimum absolute atomic E-state index is 0.121. The number of allylic oxidation sites excluding steroid dienone is 2. The minimum Gasteiger partial charge on any atom is -0.462 e. The third-order valence-corrected chi connectivity index (χ3v) is 2.95. The molecule has 0 unspecified atom stereocenters. The Kier molecular flexibility index (Phi) is 7.60. The minimum atomic E-state index is -0.687. The highest BCUT2D eigenvalue weighted by Gasteiger charge is 2.20. The van der Waals surface area contributed by atoms with E-state index >= 15 is 0 Å². The van der Waals surface area contributed by atoms with Crippen LogP contribution in [0.15, 0.2) is 48.1 Å². The van der Waals surface area contributed by atoms with E-state index in [-0.39, 0.29) is 18.8 Å². The molecule has 5 heteroatoms. The number of esters is 2. The molecule has 0 aliphatic rings. The second kappa shape index (κ2) is 9.46. The molecule has 0 atom stereocenters. The number of hydrogen-bond donors (Lipinski definition) is 0. The molecule has 0 saturated heterocycles. The number of ether oxygens (including phenoxy) is 2. The van der Waals surface area contributed by atoms with Crippen LogP contribution in [-0.4, -0.2) is 44.1 Å². The van der Waals surface area contributed by atoms with Crippen molar-refractivity contribution in [3.8, 4) is 0 Å². The summed E-state index contributed by atoms with van der Waals surface area (Å²) < 4.78 is 9.84. The summed E-state index contributed by atoms with van der Waals surface area (Å²) in [5, 5.41) is 0. The van der Waals surface area contributed by atoms with Gasteiger partial charge in [0.25, 0.3) is 0 Å². The van der Waals surface area contributed by atoms with Gasteiger partial charge in [-0.15, -0.1) is 0 Å². The Morgan fingerprint density at radius 2 is 1.48 bits per heavy atom. The smallest absolute Gasteiger partial charge is 0.345 e. The van der Waals surface area contributed by atoms with E-state index in [0.29, 0.717) is 0 Å². The zero-order valence-electron chi connectivity index (χ0n) is 14.0. The van der Waals surface area contributed by atoms with Gasteiger partial charge in [0.1, 0.15) is 5.57 Å².